The first-order chi connectivity index (χ1) is 14.5. The van der Waals surface area contributed by atoms with Gasteiger partial charge in [0, 0.05) is 17.3 Å². The van der Waals surface area contributed by atoms with Crippen LogP contribution < -0.4 is 10.9 Å². The number of nitrogens with zero attached hydrogens (tertiary/aromatic N) is 4. The third-order valence-corrected chi connectivity index (χ3v) is 5.76. The molecule has 0 spiro atoms. The first kappa shape index (κ1) is 20.2. The van der Waals surface area contributed by atoms with E-state index in [1.54, 1.807) is 28.7 Å². The van der Waals surface area contributed by atoms with Crippen molar-refractivity contribution in [1.82, 2.24) is 19.2 Å². The Bertz CT molecular complexity index is 1340. The van der Waals surface area contributed by atoms with Crippen molar-refractivity contribution in [3.8, 4) is 0 Å². The molecule has 7 nitrogen and oxygen atoms in total. The van der Waals surface area contributed by atoms with Gasteiger partial charge in [0.1, 0.15) is 0 Å². The lowest BCUT2D eigenvalue weighted by atomic mass is 10.2. The number of para-hydroxylation sites is 1. The number of carbonyl (C=O) groups is 1. The van der Waals surface area contributed by atoms with E-state index in [2.05, 4.69) is 22.1 Å². The van der Waals surface area contributed by atoms with Gasteiger partial charge in [-0.15, -0.1) is 16.8 Å². The van der Waals surface area contributed by atoms with Gasteiger partial charge in [0.15, 0.2) is 5.16 Å². The zero-order valence-electron chi connectivity index (χ0n) is 16.1. The van der Waals surface area contributed by atoms with E-state index in [1.165, 1.54) is 16.3 Å². The van der Waals surface area contributed by atoms with E-state index < -0.39 is 0 Å². The lowest BCUT2D eigenvalue weighted by molar-refractivity contribution is -0.113. The summed E-state index contributed by atoms with van der Waals surface area (Å²) in [5.41, 5.74) is 2.13. The molecule has 0 saturated heterocycles. The second-order valence-corrected chi connectivity index (χ2v) is 8.01. The molecule has 0 unspecified atom stereocenters. The van der Waals surface area contributed by atoms with Crippen LogP contribution in [0.5, 0.6) is 0 Å². The Morgan fingerprint density at radius 2 is 2.07 bits per heavy atom. The molecule has 0 bridgehead atoms. The van der Waals surface area contributed by atoms with Crippen molar-refractivity contribution in [2.45, 2.75) is 18.6 Å². The topological polar surface area (TPSA) is 81.3 Å². The smallest absolute Gasteiger partial charge is 0.263 e. The number of nitrogens with one attached hydrogen (secondary N) is 1. The Morgan fingerprint density at radius 1 is 1.27 bits per heavy atom. The number of fused-ring (bicyclic) bond motifs is 3. The fourth-order valence-electron chi connectivity index (χ4n) is 3.17. The molecule has 4 aromatic rings. The number of benzene rings is 2. The fourth-order valence-corrected chi connectivity index (χ4v) is 4.08. The maximum absolute atomic E-state index is 12.8. The number of thioether (sulfide) groups is 1. The Kier molecular flexibility index (Phi) is 5.61. The van der Waals surface area contributed by atoms with Crippen molar-refractivity contribution in [1.29, 1.82) is 0 Å². The number of rotatable bonds is 6. The standard InChI is InChI=1S/C21H18ClN5O2S/c1-3-10-26-19(29)15-6-4-5-7-17(15)27-20(26)24-25-21(27)30-12-18(28)23-16-11-14(22)9-8-13(16)2/h3-9,11H,1,10,12H2,2H3,(H,23,28). The average Bonchev–Trinajstić information content (AvgIpc) is 3.16. The Balaban J connectivity index is 1.67. The number of hydrogen-bond donors (Lipinski definition) is 1. The van der Waals surface area contributed by atoms with Gasteiger partial charge >= 0.3 is 0 Å². The van der Waals surface area contributed by atoms with Crippen LogP contribution in [0.2, 0.25) is 5.02 Å². The van der Waals surface area contributed by atoms with E-state index in [0.717, 1.165) is 5.56 Å². The summed E-state index contributed by atoms with van der Waals surface area (Å²) >= 11 is 7.26. The highest BCUT2D eigenvalue weighted by Gasteiger charge is 2.17. The third-order valence-electron chi connectivity index (χ3n) is 4.60. The van der Waals surface area contributed by atoms with Gasteiger partial charge in [0.25, 0.3) is 5.56 Å². The van der Waals surface area contributed by atoms with E-state index in [1.807, 2.05) is 31.2 Å². The lowest BCUT2D eigenvalue weighted by Gasteiger charge is -2.10. The van der Waals surface area contributed by atoms with Crippen molar-refractivity contribution in [3.05, 3.63) is 76.1 Å². The molecule has 30 heavy (non-hydrogen) atoms. The van der Waals surface area contributed by atoms with Gasteiger partial charge in [0.2, 0.25) is 11.7 Å². The second kappa shape index (κ2) is 8.33. The van der Waals surface area contributed by atoms with Gasteiger partial charge in [0.05, 0.1) is 16.7 Å². The molecule has 2 aromatic carbocycles. The van der Waals surface area contributed by atoms with E-state index in [-0.39, 0.29) is 17.2 Å². The SMILES string of the molecule is C=CCn1c(=O)c2ccccc2n2c(SCC(=O)Nc3cc(Cl)ccc3C)nnc12. The van der Waals surface area contributed by atoms with Crippen molar-refractivity contribution >= 4 is 51.6 Å². The van der Waals surface area contributed by atoms with Crippen molar-refractivity contribution in [2.75, 3.05) is 11.1 Å². The molecule has 2 aromatic heterocycles. The predicted molar refractivity (Wildman–Crippen MR) is 120 cm³/mol. The number of hydrogen-bond acceptors (Lipinski definition) is 5. The zero-order chi connectivity index (χ0) is 21.3. The molecule has 9 heteroatoms. The molecule has 152 valence electrons. The number of amides is 1. The number of carbonyl (C=O) groups excluding carboxylic acids is 1. The van der Waals surface area contributed by atoms with Crippen LogP contribution in [-0.4, -0.2) is 30.8 Å². The Morgan fingerprint density at radius 3 is 2.87 bits per heavy atom. The molecule has 0 aliphatic carbocycles. The summed E-state index contributed by atoms with van der Waals surface area (Å²) in [5, 5.41) is 12.9. The van der Waals surface area contributed by atoms with Crippen LogP contribution in [0.25, 0.3) is 16.7 Å². The average molecular weight is 440 g/mol. The summed E-state index contributed by atoms with van der Waals surface area (Å²) in [6.07, 6.45) is 1.64. The minimum Gasteiger partial charge on any atom is -0.325 e. The molecule has 1 N–H and O–H groups in total. The third kappa shape index (κ3) is 3.71. The van der Waals surface area contributed by atoms with Crippen molar-refractivity contribution in [2.24, 2.45) is 0 Å². The van der Waals surface area contributed by atoms with Gasteiger partial charge < -0.3 is 5.32 Å². The van der Waals surface area contributed by atoms with E-state index >= 15 is 0 Å². The summed E-state index contributed by atoms with van der Waals surface area (Å²) < 4.78 is 3.31. The Labute approximate surface area is 181 Å². The lowest BCUT2D eigenvalue weighted by Crippen LogP contribution is -2.22. The van der Waals surface area contributed by atoms with Crippen molar-refractivity contribution < 1.29 is 4.79 Å². The minimum absolute atomic E-state index is 0.127. The number of halogens is 1. The molecular weight excluding hydrogens is 422 g/mol. The summed E-state index contributed by atoms with van der Waals surface area (Å²) in [4.78, 5) is 25.3. The number of aromatic nitrogens is 4. The zero-order valence-corrected chi connectivity index (χ0v) is 17.7. The molecule has 0 aliphatic heterocycles. The molecule has 0 fully saturated rings. The monoisotopic (exact) mass is 439 g/mol. The molecule has 0 radical (unpaired) electrons. The molecule has 1 amide bonds. The Hall–Kier alpha value is -3.10. The summed E-state index contributed by atoms with van der Waals surface area (Å²) in [5.74, 6) is 0.347. The second-order valence-electron chi connectivity index (χ2n) is 6.64. The van der Waals surface area contributed by atoms with Crippen molar-refractivity contribution in [3.63, 3.8) is 0 Å². The van der Waals surface area contributed by atoms with Gasteiger partial charge in [-0.2, -0.15) is 0 Å². The van der Waals surface area contributed by atoms with Gasteiger partial charge in [-0.3, -0.25) is 18.6 Å². The maximum Gasteiger partial charge on any atom is 0.263 e. The van der Waals surface area contributed by atoms with E-state index in [9.17, 15) is 9.59 Å². The van der Waals surface area contributed by atoms with E-state index in [4.69, 9.17) is 11.6 Å². The first-order valence-corrected chi connectivity index (χ1v) is 10.5. The number of anilines is 1. The normalized spacial score (nSPS) is 11.1. The first-order valence-electron chi connectivity index (χ1n) is 9.16. The molecule has 0 aliphatic rings. The summed E-state index contributed by atoms with van der Waals surface area (Å²) in [6.45, 7) is 5.93. The number of aryl methyl sites for hydroxylation is 1. The fraction of sp³-hybridized carbons (Fsp3) is 0.143. The van der Waals surface area contributed by atoms with Crippen LogP contribution in [-0.2, 0) is 11.3 Å². The van der Waals surface area contributed by atoms with Crippen LogP contribution in [0.4, 0.5) is 5.69 Å². The van der Waals surface area contributed by atoms with Crippen LogP contribution in [0.1, 0.15) is 5.56 Å². The van der Waals surface area contributed by atoms with Gasteiger partial charge in [-0.25, -0.2) is 0 Å². The van der Waals surface area contributed by atoms with Crippen LogP contribution in [0.3, 0.4) is 0 Å². The molecular formula is C21H18ClN5O2S. The summed E-state index contributed by atoms with van der Waals surface area (Å²) in [6, 6.07) is 12.6. The van der Waals surface area contributed by atoms with Gasteiger partial charge in [-0.05, 0) is 36.8 Å². The molecule has 0 saturated carbocycles. The highest BCUT2D eigenvalue weighted by atomic mass is 35.5. The molecule has 2 heterocycles. The van der Waals surface area contributed by atoms with Crippen LogP contribution >= 0.6 is 23.4 Å². The largest absolute Gasteiger partial charge is 0.325 e. The van der Waals surface area contributed by atoms with Gasteiger partial charge in [-0.1, -0.05) is 47.6 Å². The maximum atomic E-state index is 12.8. The minimum atomic E-state index is -0.189. The predicted octanol–water partition coefficient (Wildman–Crippen LogP) is 3.92. The molecule has 4 rings (SSSR count). The summed E-state index contributed by atoms with van der Waals surface area (Å²) in [7, 11) is 0. The quantitative estimate of drug-likeness (QED) is 0.363. The van der Waals surface area contributed by atoms with E-state index in [0.29, 0.717) is 39.1 Å². The highest BCUT2D eigenvalue weighted by Crippen LogP contribution is 2.23. The molecule has 0 atom stereocenters. The highest BCUT2D eigenvalue weighted by molar-refractivity contribution is 7.99. The van der Waals surface area contributed by atoms with Crippen LogP contribution in [0, 0.1) is 6.92 Å². The number of allylic oxidation sites excluding steroid dienone is 1. The van der Waals surface area contributed by atoms with Crippen LogP contribution in [0.15, 0.2) is 65.1 Å².